The van der Waals surface area contributed by atoms with Gasteiger partial charge in [0.2, 0.25) is 0 Å². The molecule has 2 aliphatic rings. The van der Waals surface area contributed by atoms with Gasteiger partial charge in [0.15, 0.2) is 0 Å². The Hall–Kier alpha value is -0.710. The van der Waals surface area contributed by atoms with E-state index >= 15 is 0 Å². The van der Waals surface area contributed by atoms with Crippen LogP contribution in [-0.2, 0) is 4.79 Å². The summed E-state index contributed by atoms with van der Waals surface area (Å²) < 4.78 is 24.5. The minimum absolute atomic E-state index is 0.0903. The van der Waals surface area contributed by atoms with Gasteiger partial charge in [-0.05, 0) is 33.2 Å². The van der Waals surface area contributed by atoms with Crippen LogP contribution in [0.2, 0.25) is 0 Å². The highest BCUT2D eigenvalue weighted by atomic mass is 19.3. The Morgan fingerprint density at radius 1 is 1.24 bits per heavy atom. The number of hydrogen-bond acceptors (Lipinski definition) is 2. The minimum atomic E-state index is -2.85. The summed E-state index contributed by atoms with van der Waals surface area (Å²) >= 11 is 0. The van der Waals surface area contributed by atoms with Crippen molar-refractivity contribution >= 4 is 5.91 Å². The molecular formula is C12H20F2N2O. The molecule has 0 aromatic rings. The van der Waals surface area contributed by atoms with Crippen molar-refractivity contribution in [2.24, 2.45) is 5.41 Å². The first-order valence-corrected chi connectivity index (χ1v) is 6.24. The summed E-state index contributed by atoms with van der Waals surface area (Å²) in [5, 5.41) is 0. The fourth-order valence-corrected chi connectivity index (χ4v) is 3.00. The monoisotopic (exact) mass is 246 g/mol. The maximum Gasteiger partial charge on any atom is 0.315 e. The Bertz CT molecular complexity index is 301. The fraction of sp³-hybridized carbons (Fsp3) is 0.917. The topological polar surface area (TPSA) is 23.6 Å². The van der Waals surface area contributed by atoms with Gasteiger partial charge in [0.25, 0.3) is 5.91 Å². The molecule has 0 unspecified atom stereocenters. The van der Waals surface area contributed by atoms with Crippen LogP contribution in [0.3, 0.4) is 0 Å². The van der Waals surface area contributed by atoms with Crippen LogP contribution < -0.4 is 0 Å². The molecule has 2 saturated heterocycles. The predicted octanol–water partition coefficient (Wildman–Crippen LogP) is 1.58. The van der Waals surface area contributed by atoms with Gasteiger partial charge in [-0.2, -0.15) is 8.78 Å². The summed E-state index contributed by atoms with van der Waals surface area (Å²) in [4.78, 5) is 14.8. The van der Waals surface area contributed by atoms with Gasteiger partial charge in [-0.1, -0.05) is 0 Å². The normalized spacial score (nSPS) is 24.5. The van der Waals surface area contributed by atoms with Gasteiger partial charge in [-0.15, -0.1) is 0 Å². The molecular weight excluding hydrogens is 226 g/mol. The van der Waals surface area contributed by atoms with Crippen molar-refractivity contribution in [1.82, 2.24) is 9.80 Å². The molecule has 0 aromatic heterocycles. The molecule has 0 N–H and O–H groups in total. The second-order valence-electron chi connectivity index (χ2n) is 5.66. The zero-order valence-corrected chi connectivity index (χ0v) is 10.5. The molecule has 5 heteroatoms. The van der Waals surface area contributed by atoms with Crippen molar-refractivity contribution in [3.05, 3.63) is 0 Å². The largest absolute Gasteiger partial charge is 0.336 e. The highest BCUT2D eigenvalue weighted by molar-refractivity contribution is 5.80. The SMILES string of the molecule is CC(C)N1CCCC2(CN(C(=O)C(F)F)C2)C1. The van der Waals surface area contributed by atoms with E-state index in [1.165, 1.54) is 4.90 Å². The fourth-order valence-electron chi connectivity index (χ4n) is 3.00. The summed E-state index contributed by atoms with van der Waals surface area (Å²) in [5.41, 5.74) is 0.0903. The van der Waals surface area contributed by atoms with Crippen LogP contribution in [0.15, 0.2) is 0 Å². The lowest BCUT2D eigenvalue weighted by Gasteiger charge is -2.55. The quantitative estimate of drug-likeness (QED) is 0.738. The Labute approximate surface area is 101 Å². The standard InChI is InChI=1S/C12H20F2N2O/c1-9(2)15-5-3-4-12(6-15)7-16(8-12)11(17)10(13)14/h9-10H,3-8H2,1-2H3. The number of carbonyl (C=O) groups is 1. The van der Waals surface area contributed by atoms with Crippen molar-refractivity contribution in [3.63, 3.8) is 0 Å². The van der Waals surface area contributed by atoms with Crippen LogP contribution in [0.1, 0.15) is 26.7 Å². The predicted molar refractivity (Wildman–Crippen MR) is 61.0 cm³/mol. The molecule has 0 aromatic carbocycles. The number of halogens is 2. The maximum absolute atomic E-state index is 12.3. The second-order valence-corrected chi connectivity index (χ2v) is 5.66. The minimum Gasteiger partial charge on any atom is -0.336 e. The van der Waals surface area contributed by atoms with Crippen LogP contribution in [0, 0.1) is 5.41 Å². The van der Waals surface area contributed by atoms with E-state index in [0.29, 0.717) is 19.1 Å². The first kappa shape index (κ1) is 12.7. The van der Waals surface area contributed by atoms with Crippen molar-refractivity contribution in [2.45, 2.75) is 39.2 Å². The first-order chi connectivity index (χ1) is 7.93. The van der Waals surface area contributed by atoms with E-state index in [1.54, 1.807) is 0 Å². The number of likely N-dealkylation sites (tertiary alicyclic amines) is 2. The number of piperidine rings is 1. The van der Waals surface area contributed by atoms with Crippen molar-refractivity contribution < 1.29 is 13.6 Å². The smallest absolute Gasteiger partial charge is 0.315 e. The number of amides is 1. The Morgan fingerprint density at radius 3 is 2.41 bits per heavy atom. The number of alkyl halides is 2. The van der Waals surface area contributed by atoms with Crippen LogP contribution in [0.4, 0.5) is 8.78 Å². The Morgan fingerprint density at radius 2 is 1.88 bits per heavy atom. The third-order valence-corrected chi connectivity index (χ3v) is 3.97. The molecule has 1 spiro atoms. The summed E-state index contributed by atoms with van der Waals surface area (Å²) in [7, 11) is 0. The lowest BCUT2D eigenvalue weighted by Crippen LogP contribution is -2.65. The average Bonchev–Trinajstić information content (AvgIpc) is 2.24. The van der Waals surface area contributed by atoms with E-state index in [1.807, 2.05) is 0 Å². The van der Waals surface area contributed by atoms with Gasteiger partial charge in [0.1, 0.15) is 0 Å². The van der Waals surface area contributed by atoms with Gasteiger partial charge in [0, 0.05) is 31.1 Å². The van der Waals surface area contributed by atoms with E-state index in [2.05, 4.69) is 18.7 Å². The maximum atomic E-state index is 12.3. The first-order valence-electron chi connectivity index (χ1n) is 6.24. The zero-order valence-electron chi connectivity index (χ0n) is 10.5. The Balaban J connectivity index is 1.90. The summed E-state index contributed by atoms with van der Waals surface area (Å²) in [5.74, 6) is -1.00. The average molecular weight is 246 g/mol. The molecule has 2 heterocycles. The lowest BCUT2D eigenvalue weighted by molar-refractivity contribution is -0.159. The van der Waals surface area contributed by atoms with Crippen LogP contribution in [-0.4, -0.2) is 54.4 Å². The summed E-state index contributed by atoms with van der Waals surface area (Å²) in [6.45, 7) is 7.36. The van der Waals surface area contributed by atoms with E-state index in [-0.39, 0.29) is 5.41 Å². The number of hydrogen-bond donors (Lipinski definition) is 0. The molecule has 3 nitrogen and oxygen atoms in total. The molecule has 2 fully saturated rings. The molecule has 17 heavy (non-hydrogen) atoms. The molecule has 0 saturated carbocycles. The van der Waals surface area contributed by atoms with Crippen molar-refractivity contribution in [2.75, 3.05) is 26.2 Å². The van der Waals surface area contributed by atoms with Gasteiger partial charge in [-0.25, -0.2) is 0 Å². The van der Waals surface area contributed by atoms with Crippen LogP contribution in [0.5, 0.6) is 0 Å². The van der Waals surface area contributed by atoms with Crippen LogP contribution >= 0.6 is 0 Å². The molecule has 0 radical (unpaired) electrons. The van der Waals surface area contributed by atoms with Gasteiger partial charge < -0.3 is 9.80 Å². The van der Waals surface area contributed by atoms with Crippen molar-refractivity contribution in [3.8, 4) is 0 Å². The van der Waals surface area contributed by atoms with Gasteiger partial charge in [-0.3, -0.25) is 4.79 Å². The van der Waals surface area contributed by atoms with E-state index in [9.17, 15) is 13.6 Å². The molecule has 0 aliphatic carbocycles. The highest BCUT2D eigenvalue weighted by Gasteiger charge is 2.48. The molecule has 0 atom stereocenters. The third-order valence-electron chi connectivity index (χ3n) is 3.97. The van der Waals surface area contributed by atoms with E-state index in [4.69, 9.17) is 0 Å². The van der Waals surface area contributed by atoms with Crippen molar-refractivity contribution in [1.29, 1.82) is 0 Å². The van der Waals surface area contributed by atoms with Gasteiger partial charge >= 0.3 is 6.43 Å². The third kappa shape index (κ3) is 2.44. The second kappa shape index (κ2) is 4.52. The molecule has 98 valence electrons. The van der Waals surface area contributed by atoms with E-state index < -0.39 is 12.3 Å². The lowest BCUT2D eigenvalue weighted by atomic mass is 9.73. The van der Waals surface area contributed by atoms with Crippen LogP contribution in [0.25, 0.3) is 0 Å². The zero-order chi connectivity index (χ0) is 12.6. The number of nitrogens with zero attached hydrogens (tertiary/aromatic N) is 2. The van der Waals surface area contributed by atoms with Gasteiger partial charge in [0.05, 0.1) is 0 Å². The highest BCUT2D eigenvalue weighted by Crippen LogP contribution is 2.39. The van der Waals surface area contributed by atoms with E-state index in [0.717, 1.165) is 25.9 Å². The molecule has 2 rings (SSSR count). The summed E-state index contributed by atoms with van der Waals surface area (Å²) in [6, 6.07) is 0.493. The molecule has 2 aliphatic heterocycles. The molecule has 1 amide bonds. The number of rotatable bonds is 2. The Kier molecular flexibility index (Phi) is 3.39. The number of carbonyl (C=O) groups excluding carboxylic acids is 1. The summed E-state index contributed by atoms with van der Waals surface area (Å²) in [6.07, 6.45) is -0.685. The molecule has 0 bridgehead atoms.